The van der Waals surface area contributed by atoms with Crippen LogP contribution in [-0.4, -0.2) is 23.6 Å². The van der Waals surface area contributed by atoms with Gasteiger partial charge in [0.2, 0.25) is 0 Å². The van der Waals surface area contributed by atoms with Gasteiger partial charge in [-0.05, 0) is 36.6 Å². The quantitative estimate of drug-likeness (QED) is 0.866. The molecule has 1 fully saturated rings. The zero-order chi connectivity index (χ0) is 16.9. The molecule has 24 heavy (non-hydrogen) atoms. The highest BCUT2D eigenvalue weighted by Crippen LogP contribution is 2.34. The second kappa shape index (κ2) is 8.06. The van der Waals surface area contributed by atoms with E-state index in [0.29, 0.717) is 5.92 Å². The van der Waals surface area contributed by atoms with Crippen LogP contribution in [0.15, 0.2) is 59.5 Å². The number of hydrogen-bond acceptors (Lipinski definition) is 3. The second-order valence-electron chi connectivity index (χ2n) is 6.40. The Labute approximate surface area is 146 Å². The summed E-state index contributed by atoms with van der Waals surface area (Å²) in [5.41, 5.74) is 2.49. The number of ether oxygens (including phenoxy) is 1. The fourth-order valence-corrected chi connectivity index (χ4v) is 3.77. The molecule has 1 N–H and O–H groups in total. The topological polar surface area (TPSA) is 38.3 Å². The van der Waals surface area contributed by atoms with Gasteiger partial charge in [-0.25, -0.2) is 0 Å². The summed E-state index contributed by atoms with van der Waals surface area (Å²) in [5.74, 6) is 0.497. The van der Waals surface area contributed by atoms with Crippen LogP contribution in [0.2, 0.25) is 0 Å². The molecule has 2 aromatic rings. The van der Waals surface area contributed by atoms with Crippen LogP contribution >= 0.6 is 0 Å². The predicted molar refractivity (Wildman–Crippen MR) is 98.4 cm³/mol. The molecular weight excluding hydrogens is 318 g/mol. The third kappa shape index (κ3) is 4.12. The van der Waals surface area contributed by atoms with E-state index in [9.17, 15) is 4.21 Å². The molecule has 1 aliphatic heterocycles. The minimum Gasteiger partial charge on any atom is -0.373 e. The Morgan fingerprint density at radius 3 is 2.54 bits per heavy atom. The third-order valence-corrected chi connectivity index (χ3v) is 5.68. The van der Waals surface area contributed by atoms with E-state index in [2.05, 4.69) is 48.6 Å². The minimum absolute atomic E-state index is 0.191. The molecule has 2 aromatic carbocycles. The molecule has 128 valence electrons. The van der Waals surface area contributed by atoms with Crippen LogP contribution in [0.5, 0.6) is 0 Å². The monoisotopic (exact) mass is 343 g/mol. The number of benzene rings is 2. The van der Waals surface area contributed by atoms with Crippen molar-refractivity contribution >= 4 is 10.8 Å². The molecule has 0 aromatic heterocycles. The summed E-state index contributed by atoms with van der Waals surface area (Å²) >= 11 is 0. The lowest BCUT2D eigenvalue weighted by atomic mass is 9.95. The molecule has 0 unspecified atom stereocenters. The Hall–Kier alpha value is -1.49. The van der Waals surface area contributed by atoms with E-state index in [-0.39, 0.29) is 12.1 Å². The van der Waals surface area contributed by atoms with Gasteiger partial charge in [0.15, 0.2) is 0 Å². The fraction of sp³-hybridized carbons (Fsp3) is 0.400. The fourth-order valence-electron chi connectivity index (χ4n) is 3.25. The van der Waals surface area contributed by atoms with Gasteiger partial charge in [0.05, 0.1) is 6.10 Å². The molecule has 3 nitrogen and oxygen atoms in total. The zero-order valence-corrected chi connectivity index (χ0v) is 15.1. The van der Waals surface area contributed by atoms with Crippen LogP contribution in [0.4, 0.5) is 0 Å². The highest BCUT2D eigenvalue weighted by Gasteiger charge is 2.29. The Morgan fingerprint density at radius 2 is 1.88 bits per heavy atom. The van der Waals surface area contributed by atoms with Crippen LogP contribution in [-0.2, 0) is 15.5 Å². The first-order valence-electron chi connectivity index (χ1n) is 8.48. The van der Waals surface area contributed by atoms with Crippen molar-refractivity contribution in [3.05, 3.63) is 65.7 Å². The average molecular weight is 343 g/mol. The summed E-state index contributed by atoms with van der Waals surface area (Å²) < 4.78 is 17.4. The molecule has 0 radical (unpaired) electrons. The van der Waals surface area contributed by atoms with Crippen LogP contribution in [0, 0.1) is 5.92 Å². The van der Waals surface area contributed by atoms with E-state index >= 15 is 0 Å². The zero-order valence-electron chi connectivity index (χ0n) is 14.3. The lowest BCUT2D eigenvalue weighted by Gasteiger charge is -2.22. The minimum atomic E-state index is -0.919. The molecule has 0 saturated carbocycles. The van der Waals surface area contributed by atoms with Gasteiger partial charge >= 0.3 is 0 Å². The molecular formula is C20H25NO2S. The maximum Gasteiger partial charge on any atom is 0.0866 e. The summed E-state index contributed by atoms with van der Waals surface area (Å²) in [7, 11) is -0.919. The van der Waals surface area contributed by atoms with Crippen LogP contribution in [0.25, 0.3) is 0 Å². The Morgan fingerprint density at radius 1 is 1.17 bits per heavy atom. The highest BCUT2D eigenvalue weighted by molar-refractivity contribution is 7.84. The normalized spacial score (nSPS) is 23.1. The summed E-state index contributed by atoms with van der Waals surface area (Å²) in [6, 6.07) is 18.8. The van der Waals surface area contributed by atoms with Crippen molar-refractivity contribution < 1.29 is 8.95 Å². The van der Waals surface area contributed by atoms with Gasteiger partial charge in [-0.3, -0.25) is 4.21 Å². The van der Waals surface area contributed by atoms with Gasteiger partial charge < -0.3 is 10.1 Å². The maximum atomic E-state index is 11.5. The van der Waals surface area contributed by atoms with Crippen molar-refractivity contribution in [3.63, 3.8) is 0 Å². The summed E-state index contributed by atoms with van der Waals surface area (Å²) in [6.07, 6.45) is 2.99. The molecule has 0 bridgehead atoms. The molecule has 4 heteroatoms. The van der Waals surface area contributed by atoms with Crippen LogP contribution < -0.4 is 5.32 Å². The summed E-state index contributed by atoms with van der Waals surface area (Å²) in [4.78, 5) is 0.874. The van der Waals surface area contributed by atoms with Crippen LogP contribution in [0.1, 0.15) is 36.6 Å². The third-order valence-electron chi connectivity index (χ3n) is 4.74. The van der Waals surface area contributed by atoms with E-state index in [4.69, 9.17) is 4.74 Å². The second-order valence-corrected chi connectivity index (χ2v) is 7.78. The molecule has 4 atom stereocenters. The average Bonchev–Trinajstić information content (AvgIpc) is 3.09. The maximum absolute atomic E-state index is 11.5. The van der Waals surface area contributed by atoms with Gasteiger partial charge in [-0.15, -0.1) is 0 Å². The largest absolute Gasteiger partial charge is 0.373 e. The number of hydrogen-bond donors (Lipinski definition) is 1. The molecule has 3 rings (SSSR count). The van der Waals surface area contributed by atoms with E-state index in [1.165, 1.54) is 11.1 Å². The first-order chi connectivity index (χ1) is 11.6. The molecule has 0 spiro atoms. The van der Waals surface area contributed by atoms with Crippen molar-refractivity contribution in [3.8, 4) is 0 Å². The van der Waals surface area contributed by atoms with Gasteiger partial charge in [0, 0.05) is 47.1 Å². The molecule has 0 aliphatic carbocycles. The Bertz CT molecular complexity index is 672. The van der Waals surface area contributed by atoms with Crippen molar-refractivity contribution in [2.75, 3.05) is 19.4 Å². The van der Waals surface area contributed by atoms with Gasteiger partial charge in [0.25, 0.3) is 0 Å². The molecule has 1 aliphatic rings. The van der Waals surface area contributed by atoms with Crippen molar-refractivity contribution in [1.82, 2.24) is 5.32 Å². The Balaban J connectivity index is 1.59. The summed E-state index contributed by atoms with van der Waals surface area (Å²) in [6.45, 7) is 3.94. The standard InChI is InChI=1S/C20H25NO2S/c1-15(16-8-10-19(11-9-16)24(2)22)21-14-18-12-13-23-20(18)17-6-4-3-5-7-17/h3-11,15,18,20-21H,12-14H2,1-2H3/t15-,18-,20-,24+/m0/s1. The van der Waals surface area contributed by atoms with E-state index < -0.39 is 10.8 Å². The first kappa shape index (κ1) is 17.3. The highest BCUT2D eigenvalue weighted by atomic mass is 32.2. The van der Waals surface area contributed by atoms with Gasteiger partial charge in [-0.1, -0.05) is 42.5 Å². The van der Waals surface area contributed by atoms with Crippen molar-refractivity contribution in [2.24, 2.45) is 5.92 Å². The van der Waals surface area contributed by atoms with Crippen LogP contribution in [0.3, 0.4) is 0 Å². The van der Waals surface area contributed by atoms with Crippen molar-refractivity contribution in [2.45, 2.75) is 30.4 Å². The van der Waals surface area contributed by atoms with Gasteiger partial charge in [-0.2, -0.15) is 0 Å². The van der Waals surface area contributed by atoms with E-state index in [0.717, 1.165) is 24.5 Å². The predicted octanol–water partition coefficient (Wildman–Crippen LogP) is 3.85. The molecule has 1 heterocycles. The molecule has 0 amide bonds. The number of nitrogens with one attached hydrogen (secondary N) is 1. The first-order valence-corrected chi connectivity index (χ1v) is 10.0. The number of rotatable bonds is 6. The SMILES string of the molecule is C[C@H](NC[C@@H]1CCO[C@H]1c1ccccc1)c1ccc([S@@](C)=O)cc1. The molecule has 1 saturated heterocycles. The van der Waals surface area contributed by atoms with Crippen molar-refractivity contribution in [1.29, 1.82) is 0 Å². The summed E-state index contributed by atoms with van der Waals surface area (Å²) in [5, 5.41) is 3.63. The van der Waals surface area contributed by atoms with E-state index in [1.54, 1.807) is 6.26 Å². The lowest BCUT2D eigenvalue weighted by Crippen LogP contribution is -2.27. The van der Waals surface area contributed by atoms with Gasteiger partial charge in [0.1, 0.15) is 0 Å². The van der Waals surface area contributed by atoms with E-state index in [1.807, 2.05) is 18.2 Å². The Kier molecular flexibility index (Phi) is 5.82. The lowest BCUT2D eigenvalue weighted by molar-refractivity contribution is 0.0899. The smallest absolute Gasteiger partial charge is 0.0866 e.